The molecule has 0 amide bonds. The molecule has 0 radical (unpaired) electrons. The number of aromatic nitrogens is 3. The number of benzene rings is 1. The summed E-state index contributed by atoms with van der Waals surface area (Å²) in [5, 5.41) is 0. The van der Waals surface area contributed by atoms with Crippen LogP contribution in [0.3, 0.4) is 0 Å². The van der Waals surface area contributed by atoms with E-state index in [9.17, 15) is 0 Å². The molecular formula is C20H19N3. The van der Waals surface area contributed by atoms with Gasteiger partial charge in [0.15, 0.2) is 0 Å². The second-order valence-corrected chi connectivity index (χ2v) is 6.53. The van der Waals surface area contributed by atoms with Crippen LogP contribution in [0, 0.1) is 0 Å². The minimum atomic E-state index is -0.0354. The summed E-state index contributed by atoms with van der Waals surface area (Å²) in [5.74, 6) is 0.973. The van der Waals surface area contributed by atoms with Gasteiger partial charge in [0, 0.05) is 17.2 Å². The van der Waals surface area contributed by atoms with Crippen molar-refractivity contribution < 1.29 is 0 Å². The number of allylic oxidation sites excluding steroid dienone is 1. The number of fused-ring (bicyclic) bond motifs is 1. The molecule has 0 saturated heterocycles. The van der Waals surface area contributed by atoms with E-state index in [2.05, 4.69) is 66.7 Å². The summed E-state index contributed by atoms with van der Waals surface area (Å²) in [6.07, 6.45) is 5.94. The van der Waals surface area contributed by atoms with Gasteiger partial charge in [0.25, 0.3) is 0 Å². The van der Waals surface area contributed by atoms with Crippen LogP contribution in [-0.2, 0) is 5.41 Å². The molecular weight excluding hydrogens is 282 g/mol. The fourth-order valence-electron chi connectivity index (χ4n) is 3.13. The lowest BCUT2D eigenvalue weighted by Crippen LogP contribution is -2.16. The molecule has 1 aromatic carbocycles. The second-order valence-electron chi connectivity index (χ2n) is 6.53. The third-order valence-electron chi connectivity index (χ3n) is 4.78. The average Bonchev–Trinajstić information content (AvgIpc) is 3.05. The van der Waals surface area contributed by atoms with Gasteiger partial charge in [0.1, 0.15) is 5.82 Å². The Morgan fingerprint density at radius 2 is 1.78 bits per heavy atom. The van der Waals surface area contributed by atoms with E-state index in [4.69, 9.17) is 4.98 Å². The van der Waals surface area contributed by atoms with E-state index >= 15 is 0 Å². The Morgan fingerprint density at radius 3 is 2.48 bits per heavy atom. The van der Waals surface area contributed by atoms with Gasteiger partial charge < -0.3 is 0 Å². The van der Waals surface area contributed by atoms with Crippen LogP contribution in [0.25, 0.3) is 23.2 Å². The monoisotopic (exact) mass is 301 g/mol. The van der Waals surface area contributed by atoms with Gasteiger partial charge in [-0.15, -0.1) is 0 Å². The molecule has 23 heavy (non-hydrogen) atoms. The maximum atomic E-state index is 5.02. The quantitative estimate of drug-likeness (QED) is 0.691. The first-order chi connectivity index (χ1) is 11.1. The van der Waals surface area contributed by atoms with Gasteiger partial charge in [-0.25, -0.2) is 4.98 Å². The van der Waals surface area contributed by atoms with Crippen LogP contribution < -0.4 is 0 Å². The minimum Gasteiger partial charge on any atom is -0.291 e. The fourth-order valence-corrected chi connectivity index (χ4v) is 3.13. The second kappa shape index (κ2) is 4.92. The molecule has 0 saturated carbocycles. The lowest BCUT2D eigenvalue weighted by atomic mass is 9.86. The van der Waals surface area contributed by atoms with Crippen molar-refractivity contribution in [3.8, 4) is 17.1 Å². The van der Waals surface area contributed by atoms with Gasteiger partial charge >= 0.3 is 0 Å². The molecule has 2 aromatic heterocycles. The molecule has 0 aliphatic heterocycles. The molecule has 114 valence electrons. The van der Waals surface area contributed by atoms with Crippen molar-refractivity contribution in [3.63, 3.8) is 0 Å². The van der Waals surface area contributed by atoms with Gasteiger partial charge in [0.05, 0.1) is 23.3 Å². The van der Waals surface area contributed by atoms with E-state index in [1.54, 1.807) is 6.20 Å². The van der Waals surface area contributed by atoms with Crippen molar-refractivity contribution in [3.05, 3.63) is 71.8 Å². The standard InChI is InChI=1S/C20H19N3/c1-14-12-17-18(20(14,2)3)22-19(15-8-5-4-6-9-15)23(17)16-10-7-11-21-13-16/h4-13H,1-3H3. The van der Waals surface area contributed by atoms with Crippen LogP contribution in [0.5, 0.6) is 0 Å². The molecule has 0 atom stereocenters. The third-order valence-corrected chi connectivity index (χ3v) is 4.78. The molecule has 1 aliphatic rings. The first kappa shape index (κ1) is 13.9. The molecule has 4 rings (SSSR count). The lowest BCUT2D eigenvalue weighted by molar-refractivity contribution is 0.620. The third kappa shape index (κ3) is 2.04. The molecule has 0 unspecified atom stereocenters. The van der Waals surface area contributed by atoms with E-state index in [0.717, 1.165) is 22.8 Å². The molecule has 2 heterocycles. The number of hydrogen-bond donors (Lipinski definition) is 0. The zero-order valence-corrected chi connectivity index (χ0v) is 13.6. The predicted octanol–water partition coefficient (Wildman–Crippen LogP) is 4.63. The van der Waals surface area contributed by atoms with Crippen molar-refractivity contribution in [2.45, 2.75) is 26.2 Å². The highest BCUT2D eigenvalue weighted by atomic mass is 15.1. The van der Waals surface area contributed by atoms with Crippen LogP contribution in [0.4, 0.5) is 0 Å². The number of rotatable bonds is 2. The van der Waals surface area contributed by atoms with Gasteiger partial charge in [-0.2, -0.15) is 0 Å². The number of nitrogens with zero attached hydrogens (tertiary/aromatic N) is 3. The predicted molar refractivity (Wildman–Crippen MR) is 93.5 cm³/mol. The fraction of sp³-hybridized carbons (Fsp3) is 0.200. The van der Waals surface area contributed by atoms with Crippen molar-refractivity contribution >= 4 is 6.08 Å². The van der Waals surface area contributed by atoms with Crippen molar-refractivity contribution in [2.24, 2.45) is 0 Å². The summed E-state index contributed by atoms with van der Waals surface area (Å²) in [5.41, 5.74) is 5.77. The van der Waals surface area contributed by atoms with Crippen LogP contribution in [0.2, 0.25) is 0 Å². The highest BCUT2D eigenvalue weighted by Gasteiger charge is 2.36. The molecule has 0 N–H and O–H groups in total. The van der Waals surface area contributed by atoms with Gasteiger partial charge in [-0.1, -0.05) is 49.8 Å². The normalized spacial score (nSPS) is 15.3. The van der Waals surface area contributed by atoms with Crippen LogP contribution in [0.15, 0.2) is 60.4 Å². The number of pyridine rings is 1. The molecule has 0 bridgehead atoms. The Kier molecular flexibility index (Phi) is 2.98. The van der Waals surface area contributed by atoms with E-state index in [1.165, 1.54) is 11.3 Å². The van der Waals surface area contributed by atoms with Crippen LogP contribution >= 0.6 is 0 Å². The lowest BCUT2D eigenvalue weighted by Gasteiger charge is -2.19. The summed E-state index contributed by atoms with van der Waals surface area (Å²) in [6.45, 7) is 6.65. The smallest absolute Gasteiger partial charge is 0.145 e. The van der Waals surface area contributed by atoms with Gasteiger partial charge in [-0.3, -0.25) is 9.55 Å². The summed E-state index contributed by atoms with van der Waals surface area (Å²) in [7, 11) is 0. The highest BCUT2D eigenvalue weighted by Crippen LogP contribution is 2.43. The summed E-state index contributed by atoms with van der Waals surface area (Å²) >= 11 is 0. The van der Waals surface area contributed by atoms with Gasteiger partial charge in [-0.05, 0) is 25.1 Å². The Morgan fingerprint density at radius 1 is 1.00 bits per heavy atom. The van der Waals surface area contributed by atoms with Crippen LogP contribution in [0.1, 0.15) is 32.2 Å². The Bertz CT molecular complexity index is 887. The first-order valence-corrected chi connectivity index (χ1v) is 7.87. The summed E-state index contributed by atoms with van der Waals surface area (Å²) < 4.78 is 2.22. The highest BCUT2D eigenvalue weighted by molar-refractivity contribution is 5.72. The van der Waals surface area contributed by atoms with Crippen molar-refractivity contribution in [1.82, 2.24) is 14.5 Å². The molecule has 3 nitrogen and oxygen atoms in total. The Balaban J connectivity index is 2.04. The average molecular weight is 301 g/mol. The Labute approximate surface area is 136 Å². The first-order valence-electron chi connectivity index (χ1n) is 7.87. The molecule has 0 spiro atoms. The summed E-state index contributed by atoms with van der Waals surface area (Å²) in [6, 6.07) is 14.4. The van der Waals surface area contributed by atoms with Crippen molar-refractivity contribution in [1.29, 1.82) is 0 Å². The number of imidazole rings is 1. The maximum Gasteiger partial charge on any atom is 0.145 e. The van der Waals surface area contributed by atoms with E-state index in [0.29, 0.717) is 0 Å². The van der Waals surface area contributed by atoms with E-state index in [-0.39, 0.29) is 5.41 Å². The maximum absolute atomic E-state index is 5.02. The zero-order valence-electron chi connectivity index (χ0n) is 13.6. The molecule has 3 aromatic rings. The zero-order chi connectivity index (χ0) is 16.0. The molecule has 3 heteroatoms. The minimum absolute atomic E-state index is 0.0354. The summed E-state index contributed by atoms with van der Waals surface area (Å²) in [4.78, 5) is 9.31. The SMILES string of the molecule is CC1=Cc2c(nc(-c3ccccc3)n2-c2cccnc2)C1(C)C. The largest absolute Gasteiger partial charge is 0.291 e. The Hall–Kier alpha value is -2.68. The van der Waals surface area contributed by atoms with E-state index in [1.807, 2.05) is 18.3 Å². The molecule has 1 aliphatic carbocycles. The van der Waals surface area contributed by atoms with E-state index < -0.39 is 0 Å². The van der Waals surface area contributed by atoms with Gasteiger partial charge in [0.2, 0.25) is 0 Å². The van der Waals surface area contributed by atoms with Crippen molar-refractivity contribution in [2.75, 3.05) is 0 Å². The van der Waals surface area contributed by atoms with Crippen LogP contribution in [-0.4, -0.2) is 14.5 Å². The topological polar surface area (TPSA) is 30.7 Å². The molecule has 0 fully saturated rings. The number of hydrogen-bond acceptors (Lipinski definition) is 2.